The average Bonchev–Trinajstić information content (AvgIpc) is 2.44. The van der Waals surface area contributed by atoms with E-state index in [1.807, 2.05) is 6.07 Å². The van der Waals surface area contributed by atoms with E-state index in [2.05, 4.69) is 26.1 Å². The van der Waals surface area contributed by atoms with Crippen LogP contribution in [0.2, 0.25) is 5.02 Å². The Bertz CT molecular complexity index is 500. The first-order valence-electron chi connectivity index (χ1n) is 7.29. The molecular weight excluding hydrogens is 389 g/mol. The highest BCUT2D eigenvalue weighted by atomic mass is 79.9. The van der Waals surface area contributed by atoms with Gasteiger partial charge in [0.1, 0.15) is 0 Å². The Balaban J connectivity index is 0.00000242. The van der Waals surface area contributed by atoms with Crippen molar-refractivity contribution < 1.29 is 4.79 Å². The number of carbonyl (C=O) groups is 1. The molecule has 1 atom stereocenters. The van der Waals surface area contributed by atoms with Crippen molar-refractivity contribution in [2.45, 2.75) is 31.7 Å². The Kier molecular flexibility index (Phi) is 8.72. The van der Waals surface area contributed by atoms with E-state index in [9.17, 15) is 4.79 Å². The molecule has 1 fully saturated rings. The average molecular weight is 411 g/mol. The number of piperidine rings is 1. The zero-order valence-corrected chi connectivity index (χ0v) is 15.5. The number of benzene rings is 1. The molecule has 4 nitrogen and oxygen atoms in total. The standard InChI is InChI=1S/C15H21BrClN3O.ClH/c16-11-4-5-14(13(17)9-11)19-15(21)10-20-8-2-1-3-12(20)6-7-18;/h4-5,9,12H,1-3,6-8,10,18H2,(H,19,21);1H. The number of amides is 1. The maximum Gasteiger partial charge on any atom is 0.238 e. The maximum atomic E-state index is 12.2. The molecule has 0 spiro atoms. The topological polar surface area (TPSA) is 58.4 Å². The maximum absolute atomic E-state index is 12.2. The lowest BCUT2D eigenvalue weighted by atomic mass is 9.99. The highest BCUT2D eigenvalue weighted by Crippen LogP contribution is 2.26. The molecule has 2 rings (SSSR count). The summed E-state index contributed by atoms with van der Waals surface area (Å²) in [5.41, 5.74) is 6.31. The number of carbonyl (C=O) groups excluding carboxylic acids is 1. The number of hydrogen-bond donors (Lipinski definition) is 2. The molecule has 3 N–H and O–H groups in total. The summed E-state index contributed by atoms with van der Waals surface area (Å²) in [4.78, 5) is 14.4. The number of nitrogens with one attached hydrogen (secondary N) is 1. The van der Waals surface area contributed by atoms with Crippen molar-refractivity contribution in [1.29, 1.82) is 0 Å². The zero-order chi connectivity index (χ0) is 15.2. The molecule has 22 heavy (non-hydrogen) atoms. The van der Waals surface area contributed by atoms with Crippen LogP contribution in [-0.4, -0.2) is 36.5 Å². The minimum absolute atomic E-state index is 0. The predicted molar refractivity (Wildman–Crippen MR) is 97.9 cm³/mol. The third-order valence-corrected chi connectivity index (χ3v) is 4.61. The molecule has 1 heterocycles. The van der Waals surface area contributed by atoms with Crippen LogP contribution in [0, 0.1) is 0 Å². The number of hydrogen-bond acceptors (Lipinski definition) is 3. The Morgan fingerprint density at radius 1 is 1.45 bits per heavy atom. The van der Waals surface area contributed by atoms with Gasteiger partial charge in [0.2, 0.25) is 5.91 Å². The van der Waals surface area contributed by atoms with E-state index < -0.39 is 0 Å². The van der Waals surface area contributed by atoms with Crippen LogP contribution in [0.3, 0.4) is 0 Å². The lowest BCUT2D eigenvalue weighted by Crippen LogP contribution is -2.44. The fraction of sp³-hybridized carbons (Fsp3) is 0.533. The highest BCUT2D eigenvalue weighted by Gasteiger charge is 2.23. The van der Waals surface area contributed by atoms with E-state index in [-0.39, 0.29) is 18.3 Å². The van der Waals surface area contributed by atoms with Crippen LogP contribution in [0.4, 0.5) is 5.69 Å². The predicted octanol–water partition coefficient (Wildman–Crippen LogP) is 3.67. The molecule has 7 heteroatoms. The summed E-state index contributed by atoms with van der Waals surface area (Å²) < 4.78 is 0.893. The van der Waals surface area contributed by atoms with Gasteiger partial charge in [-0.3, -0.25) is 9.69 Å². The van der Waals surface area contributed by atoms with Crippen LogP contribution in [0.15, 0.2) is 22.7 Å². The van der Waals surface area contributed by atoms with Crippen molar-refractivity contribution in [3.8, 4) is 0 Å². The van der Waals surface area contributed by atoms with Crippen LogP contribution in [0.5, 0.6) is 0 Å². The number of nitrogens with zero attached hydrogens (tertiary/aromatic N) is 1. The Morgan fingerprint density at radius 2 is 2.23 bits per heavy atom. The fourth-order valence-electron chi connectivity index (χ4n) is 2.75. The summed E-state index contributed by atoms with van der Waals surface area (Å²) in [6.07, 6.45) is 4.45. The SMILES string of the molecule is Cl.NCCC1CCCCN1CC(=O)Nc1ccc(Br)cc1Cl. The van der Waals surface area contributed by atoms with Gasteiger partial charge in [-0.1, -0.05) is 34.0 Å². The molecule has 1 unspecified atom stereocenters. The van der Waals surface area contributed by atoms with Gasteiger partial charge in [-0.2, -0.15) is 0 Å². The molecule has 0 aliphatic carbocycles. The van der Waals surface area contributed by atoms with Gasteiger partial charge >= 0.3 is 0 Å². The summed E-state index contributed by atoms with van der Waals surface area (Å²) in [6, 6.07) is 5.86. The molecule has 1 aliphatic rings. The minimum Gasteiger partial charge on any atom is -0.330 e. The second kappa shape index (κ2) is 9.73. The van der Waals surface area contributed by atoms with Crippen LogP contribution in [-0.2, 0) is 4.79 Å². The quantitative estimate of drug-likeness (QED) is 0.778. The number of nitrogens with two attached hydrogens (primary N) is 1. The van der Waals surface area contributed by atoms with Crippen LogP contribution in [0.1, 0.15) is 25.7 Å². The van der Waals surface area contributed by atoms with E-state index in [0.29, 0.717) is 29.8 Å². The summed E-state index contributed by atoms with van der Waals surface area (Å²) >= 11 is 9.47. The lowest BCUT2D eigenvalue weighted by Gasteiger charge is -2.35. The number of anilines is 1. The molecule has 1 aromatic rings. The van der Waals surface area contributed by atoms with Crippen molar-refractivity contribution in [3.05, 3.63) is 27.7 Å². The first kappa shape index (κ1) is 19.7. The van der Waals surface area contributed by atoms with Gasteiger partial charge < -0.3 is 11.1 Å². The number of halogens is 3. The van der Waals surface area contributed by atoms with Gasteiger partial charge in [0.15, 0.2) is 0 Å². The summed E-state index contributed by atoms with van der Waals surface area (Å²) in [7, 11) is 0. The Morgan fingerprint density at radius 3 is 2.91 bits per heavy atom. The van der Waals surface area contributed by atoms with Crippen molar-refractivity contribution in [2.75, 3.05) is 25.0 Å². The largest absolute Gasteiger partial charge is 0.330 e. The first-order valence-corrected chi connectivity index (χ1v) is 8.46. The second-order valence-corrected chi connectivity index (χ2v) is 6.69. The van der Waals surface area contributed by atoms with Crippen LogP contribution in [0.25, 0.3) is 0 Å². The molecular formula is C15H22BrCl2N3O. The van der Waals surface area contributed by atoms with Crippen LogP contribution < -0.4 is 11.1 Å². The monoisotopic (exact) mass is 409 g/mol. The minimum atomic E-state index is -0.0249. The molecule has 1 amide bonds. The molecule has 1 aliphatic heterocycles. The smallest absolute Gasteiger partial charge is 0.238 e. The van der Waals surface area contributed by atoms with Crippen molar-refractivity contribution >= 4 is 51.5 Å². The van der Waals surface area contributed by atoms with Gasteiger partial charge in [-0.25, -0.2) is 0 Å². The Hall–Kier alpha value is -0.330. The lowest BCUT2D eigenvalue weighted by molar-refractivity contribution is -0.118. The van der Waals surface area contributed by atoms with Gasteiger partial charge in [0.25, 0.3) is 0 Å². The van der Waals surface area contributed by atoms with Crippen molar-refractivity contribution in [2.24, 2.45) is 5.73 Å². The number of likely N-dealkylation sites (tertiary alicyclic amines) is 1. The summed E-state index contributed by atoms with van der Waals surface area (Å²) in [6.45, 7) is 2.03. The molecule has 0 saturated carbocycles. The highest BCUT2D eigenvalue weighted by molar-refractivity contribution is 9.10. The van der Waals surface area contributed by atoms with E-state index in [0.717, 1.165) is 30.3 Å². The normalized spacial score (nSPS) is 18.6. The van der Waals surface area contributed by atoms with Crippen molar-refractivity contribution in [3.63, 3.8) is 0 Å². The van der Waals surface area contributed by atoms with E-state index in [1.165, 1.54) is 6.42 Å². The zero-order valence-electron chi connectivity index (χ0n) is 12.4. The van der Waals surface area contributed by atoms with E-state index in [1.54, 1.807) is 12.1 Å². The van der Waals surface area contributed by atoms with E-state index >= 15 is 0 Å². The summed E-state index contributed by atoms with van der Waals surface area (Å²) in [5.74, 6) is -0.0249. The van der Waals surface area contributed by atoms with Crippen LogP contribution >= 0.6 is 39.9 Å². The number of rotatable bonds is 5. The molecule has 124 valence electrons. The van der Waals surface area contributed by atoms with Gasteiger partial charge in [-0.15, -0.1) is 12.4 Å². The first-order chi connectivity index (χ1) is 10.1. The summed E-state index contributed by atoms with van der Waals surface area (Å²) in [5, 5.41) is 3.42. The van der Waals surface area contributed by atoms with Gasteiger partial charge in [0.05, 0.1) is 17.3 Å². The fourth-order valence-corrected chi connectivity index (χ4v) is 3.47. The van der Waals surface area contributed by atoms with Crippen molar-refractivity contribution in [1.82, 2.24) is 4.90 Å². The molecule has 1 aromatic carbocycles. The molecule has 0 bridgehead atoms. The molecule has 0 aromatic heterocycles. The second-order valence-electron chi connectivity index (χ2n) is 5.37. The Labute approximate surface area is 151 Å². The molecule has 0 radical (unpaired) electrons. The third-order valence-electron chi connectivity index (χ3n) is 3.80. The molecule has 1 saturated heterocycles. The third kappa shape index (κ3) is 5.70. The van der Waals surface area contributed by atoms with E-state index in [4.69, 9.17) is 17.3 Å². The van der Waals surface area contributed by atoms with Gasteiger partial charge in [0, 0.05) is 10.5 Å². The van der Waals surface area contributed by atoms with Gasteiger partial charge in [-0.05, 0) is 50.6 Å².